The Morgan fingerprint density at radius 2 is 1.71 bits per heavy atom. The molecule has 2 aromatic carbocycles. The van der Waals surface area contributed by atoms with Gasteiger partial charge in [0.05, 0.1) is 6.61 Å². The lowest BCUT2D eigenvalue weighted by Gasteiger charge is -2.12. The van der Waals surface area contributed by atoms with Gasteiger partial charge in [0.1, 0.15) is 5.75 Å². The Morgan fingerprint density at radius 3 is 2.36 bits per heavy atom. The van der Waals surface area contributed by atoms with Gasteiger partial charge < -0.3 is 4.74 Å². The molecule has 2 aromatic rings. The predicted octanol–water partition coefficient (Wildman–Crippen LogP) is 3.37. The summed E-state index contributed by atoms with van der Waals surface area (Å²) in [7, 11) is 0. The molecular formula is C21H25N3O3S. The van der Waals surface area contributed by atoms with Crippen molar-refractivity contribution in [2.75, 3.05) is 6.61 Å². The van der Waals surface area contributed by atoms with Gasteiger partial charge in [0, 0.05) is 11.1 Å². The standard InChI is InChI=1S/C21H25N3O3S/c1-14(2)11-12-27-18-9-7-16(8-10-18)19(25)22-21(28)24-23-20(26)17-6-4-5-15(3)13-17/h4-10,13-14H,11-12H2,1-3H3,(H,23,26)(H2,22,24,25,28). The van der Waals surface area contributed by atoms with Crippen molar-refractivity contribution in [3.8, 4) is 5.75 Å². The van der Waals surface area contributed by atoms with Gasteiger partial charge in [-0.05, 0) is 67.9 Å². The first kappa shape index (κ1) is 21.4. The summed E-state index contributed by atoms with van der Waals surface area (Å²) >= 11 is 5.05. The average molecular weight is 400 g/mol. The molecule has 0 radical (unpaired) electrons. The molecule has 6 nitrogen and oxygen atoms in total. The second-order valence-corrected chi connectivity index (χ2v) is 7.20. The van der Waals surface area contributed by atoms with Gasteiger partial charge >= 0.3 is 0 Å². The third kappa shape index (κ3) is 7.00. The minimum Gasteiger partial charge on any atom is -0.494 e. The molecule has 2 amide bonds. The maximum absolute atomic E-state index is 12.2. The average Bonchev–Trinajstić information content (AvgIpc) is 2.66. The summed E-state index contributed by atoms with van der Waals surface area (Å²) in [6.07, 6.45) is 0.969. The van der Waals surface area contributed by atoms with Crippen LogP contribution >= 0.6 is 12.2 Å². The second kappa shape index (κ2) is 10.4. The Bertz CT molecular complexity index is 835. The molecule has 7 heteroatoms. The first-order valence-corrected chi connectivity index (χ1v) is 9.47. The van der Waals surface area contributed by atoms with E-state index in [4.69, 9.17) is 17.0 Å². The van der Waals surface area contributed by atoms with Gasteiger partial charge in [-0.2, -0.15) is 0 Å². The van der Waals surface area contributed by atoms with Gasteiger partial charge in [0.2, 0.25) is 0 Å². The van der Waals surface area contributed by atoms with Crippen LogP contribution in [0, 0.1) is 12.8 Å². The molecule has 0 aliphatic rings. The normalized spacial score (nSPS) is 10.3. The van der Waals surface area contributed by atoms with Crippen molar-refractivity contribution in [3.63, 3.8) is 0 Å². The van der Waals surface area contributed by atoms with E-state index in [2.05, 4.69) is 30.0 Å². The van der Waals surface area contributed by atoms with Crippen LogP contribution in [-0.2, 0) is 0 Å². The first-order chi connectivity index (χ1) is 13.3. The van der Waals surface area contributed by atoms with Crippen molar-refractivity contribution in [2.24, 2.45) is 5.92 Å². The van der Waals surface area contributed by atoms with E-state index in [1.165, 1.54) is 0 Å². The SMILES string of the molecule is Cc1cccc(C(=O)NNC(=S)NC(=O)c2ccc(OCCC(C)C)cc2)c1. The molecule has 28 heavy (non-hydrogen) atoms. The van der Waals surface area contributed by atoms with Crippen LogP contribution in [-0.4, -0.2) is 23.5 Å². The van der Waals surface area contributed by atoms with Crippen LogP contribution in [0.5, 0.6) is 5.75 Å². The van der Waals surface area contributed by atoms with Crippen LogP contribution in [0.1, 0.15) is 46.5 Å². The minimum absolute atomic E-state index is 0.00302. The lowest BCUT2D eigenvalue weighted by Crippen LogP contribution is -2.48. The fourth-order valence-electron chi connectivity index (χ4n) is 2.29. The van der Waals surface area contributed by atoms with Crippen molar-refractivity contribution >= 4 is 29.1 Å². The quantitative estimate of drug-likeness (QED) is 0.513. The summed E-state index contributed by atoms with van der Waals surface area (Å²) in [5, 5.41) is 2.52. The van der Waals surface area contributed by atoms with Crippen molar-refractivity contribution in [1.29, 1.82) is 0 Å². The Morgan fingerprint density at radius 1 is 1.00 bits per heavy atom. The van der Waals surface area contributed by atoms with E-state index in [0.717, 1.165) is 12.0 Å². The number of benzene rings is 2. The summed E-state index contributed by atoms with van der Waals surface area (Å²) in [5.41, 5.74) is 6.89. The Labute approximate surface area is 170 Å². The number of carbonyl (C=O) groups excluding carboxylic acids is 2. The van der Waals surface area contributed by atoms with Crippen LogP contribution < -0.4 is 20.9 Å². The molecule has 0 spiro atoms. The number of nitrogens with one attached hydrogen (secondary N) is 3. The number of hydrogen-bond acceptors (Lipinski definition) is 4. The maximum Gasteiger partial charge on any atom is 0.269 e. The lowest BCUT2D eigenvalue weighted by atomic mass is 10.1. The number of hydrogen-bond donors (Lipinski definition) is 3. The molecule has 0 atom stereocenters. The topological polar surface area (TPSA) is 79.5 Å². The number of ether oxygens (including phenoxy) is 1. The van der Waals surface area contributed by atoms with Crippen molar-refractivity contribution in [1.82, 2.24) is 16.2 Å². The molecule has 0 heterocycles. The van der Waals surface area contributed by atoms with Crippen molar-refractivity contribution in [2.45, 2.75) is 27.2 Å². The zero-order valence-corrected chi connectivity index (χ0v) is 17.1. The number of carbonyl (C=O) groups is 2. The van der Waals surface area contributed by atoms with E-state index in [1.54, 1.807) is 42.5 Å². The van der Waals surface area contributed by atoms with Gasteiger partial charge in [-0.25, -0.2) is 0 Å². The Kier molecular flexibility index (Phi) is 7.95. The summed E-state index contributed by atoms with van der Waals surface area (Å²) in [5.74, 6) is 0.563. The number of aryl methyl sites for hydroxylation is 1. The molecule has 0 aliphatic heterocycles. The van der Waals surface area contributed by atoms with E-state index in [-0.39, 0.29) is 16.9 Å². The zero-order valence-electron chi connectivity index (χ0n) is 16.2. The third-order valence-corrected chi connectivity index (χ3v) is 4.08. The second-order valence-electron chi connectivity index (χ2n) is 6.79. The molecule has 148 valence electrons. The van der Waals surface area contributed by atoms with Gasteiger partial charge in [-0.1, -0.05) is 31.5 Å². The van der Waals surface area contributed by atoms with Gasteiger partial charge in [0.15, 0.2) is 5.11 Å². The Hall–Kier alpha value is -2.93. The largest absolute Gasteiger partial charge is 0.494 e. The molecule has 0 saturated carbocycles. The van der Waals surface area contributed by atoms with Crippen LogP contribution in [0.25, 0.3) is 0 Å². The monoisotopic (exact) mass is 399 g/mol. The van der Waals surface area contributed by atoms with Gasteiger partial charge in [0.25, 0.3) is 11.8 Å². The number of rotatable bonds is 6. The molecule has 0 saturated heterocycles. The predicted molar refractivity (Wildman–Crippen MR) is 113 cm³/mol. The number of thiocarbonyl (C=S) groups is 1. The van der Waals surface area contributed by atoms with E-state index >= 15 is 0 Å². The summed E-state index contributed by atoms with van der Waals surface area (Å²) in [4.78, 5) is 24.3. The van der Waals surface area contributed by atoms with E-state index in [0.29, 0.717) is 29.4 Å². The molecule has 0 bridgehead atoms. The summed E-state index contributed by atoms with van der Waals surface area (Å²) in [6.45, 7) is 6.81. The van der Waals surface area contributed by atoms with Gasteiger partial charge in [-0.3, -0.25) is 25.8 Å². The van der Waals surface area contributed by atoms with Crippen LogP contribution in [0.2, 0.25) is 0 Å². The summed E-state index contributed by atoms with van der Waals surface area (Å²) in [6, 6.07) is 13.9. The Balaban J connectivity index is 1.80. The molecule has 0 aliphatic carbocycles. The highest BCUT2D eigenvalue weighted by molar-refractivity contribution is 7.80. The summed E-state index contributed by atoms with van der Waals surface area (Å²) < 4.78 is 5.63. The number of amides is 2. The van der Waals surface area contributed by atoms with E-state index in [9.17, 15) is 9.59 Å². The van der Waals surface area contributed by atoms with Crippen LogP contribution in [0.15, 0.2) is 48.5 Å². The van der Waals surface area contributed by atoms with Crippen molar-refractivity contribution < 1.29 is 14.3 Å². The molecular weight excluding hydrogens is 374 g/mol. The highest BCUT2D eigenvalue weighted by Crippen LogP contribution is 2.13. The van der Waals surface area contributed by atoms with Gasteiger partial charge in [-0.15, -0.1) is 0 Å². The minimum atomic E-state index is -0.379. The molecule has 0 aromatic heterocycles. The molecule has 0 fully saturated rings. The van der Waals surface area contributed by atoms with E-state index < -0.39 is 0 Å². The fraction of sp³-hybridized carbons (Fsp3) is 0.286. The first-order valence-electron chi connectivity index (χ1n) is 9.06. The van der Waals surface area contributed by atoms with Crippen LogP contribution in [0.3, 0.4) is 0 Å². The maximum atomic E-state index is 12.2. The lowest BCUT2D eigenvalue weighted by molar-refractivity contribution is 0.0934. The van der Waals surface area contributed by atoms with Crippen molar-refractivity contribution in [3.05, 3.63) is 65.2 Å². The van der Waals surface area contributed by atoms with Crippen LogP contribution in [0.4, 0.5) is 0 Å². The smallest absolute Gasteiger partial charge is 0.269 e. The fourth-order valence-corrected chi connectivity index (χ4v) is 2.44. The van der Waals surface area contributed by atoms with E-state index in [1.807, 2.05) is 13.0 Å². The third-order valence-electron chi connectivity index (χ3n) is 3.88. The molecule has 2 rings (SSSR count). The molecule has 3 N–H and O–H groups in total. The molecule has 0 unspecified atom stereocenters. The highest BCUT2D eigenvalue weighted by atomic mass is 32.1. The number of hydrazine groups is 1. The zero-order chi connectivity index (χ0) is 20.5. The highest BCUT2D eigenvalue weighted by Gasteiger charge is 2.10.